The maximum atomic E-state index is 13.1. The Labute approximate surface area is 195 Å². The van der Waals surface area contributed by atoms with Gasteiger partial charge in [-0.25, -0.2) is 8.42 Å². The average molecular weight is 476 g/mol. The molecule has 0 radical (unpaired) electrons. The number of rotatable bonds is 8. The molecule has 32 heavy (non-hydrogen) atoms. The molecule has 2 aromatic rings. The second kappa shape index (κ2) is 10.3. The third kappa shape index (κ3) is 5.70. The fourth-order valence-corrected chi connectivity index (χ4v) is 5.94. The highest BCUT2D eigenvalue weighted by molar-refractivity contribution is 7.89. The zero-order valence-electron chi connectivity index (χ0n) is 18.1. The molecule has 2 aromatic carbocycles. The molecule has 2 N–H and O–H groups in total. The lowest BCUT2D eigenvalue weighted by Gasteiger charge is -2.21. The van der Waals surface area contributed by atoms with Crippen LogP contribution in [0.2, 0.25) is 5.02 Å². The number of halogens is 1. The van der Waals surface area contributed by atoms with E-state index in [2.05, 4.69) is 22.8 Å². The SMILES string of the molecule is O=C(CNC(c1ccccc1)C1CC1)Nc1cc(S(=O)(=O)N2CCCCCC2)ccc1Cl. The van der Waals surface area contributed by atoms with E-state index in [1.807, 2.05) is 18.2 Å². The highest BCUT2D eigenvalue weighted by atomic mass is 35.5. The minimum Gasteiger partial charge on any atom is -0.324 e. The molecule has 2 aliphatic rings. The van der Waals surface area contributed by atoms with E-state index in [1.54, 1.807) is 0 Å². The van der Waals surface area contributed by atoms with Crippen molar-refractivity contribution in [1.82, 2.24) is 9.62 Å². The summed E-state index contributed by atoms with van der Waals surface area (Å²) in [5.41, 5.74) is 1.49. The highest BCUT2D eigenvalue weighted by Gasteiger charge is 2.32. The van der Waals surface area contributed by atoms with Gasteiger partial charge in [0.25, 0.3) is 0 Å². The Morgan fingerprint density at radius 1 is 1.03 bits per heavy atom. The minimum absolute atomic E-state index is 0.121. The molecule has 0 bridgehead atoms. The van der Waals surface area contributed by atoms with Crippen molar-refractivity contribution >= 4 is 33.2 Å². The molecule has 1 atom stereocenters. The van der Waals surface area contributed by atoms with Crippen molar-refractivity contribution in [3.8, 4) is 0 Å². The number of sulfonamides is 1. The van der Waals surface area contributed by atoms with Crippen LogP contribution in [0.25, 0.3) is 0 Å². The van der Waals surface area contributed by atoms with Gasteiger partial charge < -0.3 is 10.6 Å². The molecule has 8 heteroatoms. The summed E-state index contributed by atoms with van der Waals surface area (Å²) in [6, 6.07) is 14.8. The van der Waals surface area contributed by atoms with Crippen LogP contribution in [-0.2, 0) is 14.8 Å². The number of hydrogen-bond donors (Lipinski definition) is 2. The molecule has 1 unspecified atom stereocenters. The molecule has 1 amide bonds. The van der Waals surface area contributed by atoms with Crippen LogP contribution in [0.15, 0.2) is 53.4 Å². The van der Waals surface area contributed by atoms with Crippen molar-refractivity contribution in [3.63, 3.8) is 0 Å². The lowest BCUT2D eigenvalue weighted by molar-refractivity contribution is -0.115. The van der Waals surface area contributed by atoms with Gasteiger partial charge in [-0.05, 0) is 55.4 Å². The maximum Gasteiger partial charge on any atom is 0.243 e. The van der Waals surface area contributed by atoms with E-state index in [-0.39, 0.29) is 23.4 Å². The summed E-state index contributed by atoms with van der Waals surface area (Å²) >= 11 is 6.28. The lowest BCUT2D eigenvalue weighted by atomic mass is 10.0. The molecule has 4 rings (SSSR count). The van der Waals surface area contributed by atoms with E-state index >= 15 is 0 Å². The van der Waals surface area contributed by atoms with Gasteiger partial charge in [-0.3, -0.25) is 4.79 Å². The van der Waals surface area contributed by atoms with Gasteiger partial charge >= 0.3 is 0 Å². The van der Waals surface area contributed by atoms with Crippen molar-refractivity contribution in [2.24, 2.45) is 5.92 Å². The summed E-state index contributed by atoms with van der Waals surface area (Å²) in [5, 5.41) is 6.46. The van der Waals surface area contributed by atoms with Crippen LogP contribution >= 0.6 is 11.6 Å². The molecule has 6 nitrogen and oxygen atoms in total. The Morgan fingerprint density at radius 3 is 2.38 bits per heavy atom. The maximum absolute atomic E-state index is 13.1. The van der Waals surface area contributed by atoms with Crippen LogP contribution in [0.1, 0.15) is 50.1 Å². The Hall–Kier alpha value is -1.93. The zero-order chi connectivity index (χ0) is 22.6. The summed E-state index contributed by atoms with van der Waals surface area (Å²) in [5.74, 6) is 0.286. The Bertz CT molecular complexity index is 1030. The highest BCUT2D eigenvalue weighted by Crippen LogP contribution is 2.40. The topological polar surface area (TPSA) is 78.5 Å². The quantitative estimate of drug-likeness (QED) is 0.585. The van der Waals surface area contributed by atoms with Crippen molar-refractivity contribution in [2.45, 2.75) is 49.5 Å². The first-order valence-corrected chi connectivity index (χ1v) is 13.1. The number of nitrogens with one attached hydrogen (secondary N) is 2. The Kier molecular flexibility index (Phi) is 7.51. The van der Waals surface area contributed by atoms with Gasteiger partial charge in [0.15, 0.2) is 0 Å². The van der Waals surface area contributed by atoms with Crippen molar-refractivity contribution in [1.29, 1.82) is 0 Å². The monoisotopic (exact) mass is 475 g/mol. The van der Waals surface area contributed by atoms with Gasteiger partial charge in [-0.2, -0.15) is 4.31 Å². The third-order valence-electron chi connectivity index (χ3n) is 6.15. The summed E-state index contributed by atoms with van der Waals surface area (Å²) in [7, 11) is -3.62. The van der Waals surface area contributed by atoms with Gasteiger partial charge in [0.1, 0.15) is 0 Å². The van der Waals surface area contributed by atoms with Crippen LogP contribution in [0.5, 0.6) is 0 Å². The van der Waals surface area contributed by atoms with E-state index in [9.17, 15) is 13.2 Å². The summed E-state index contributed by atoms with van der Waals surface area (Å²) in [4.78, 5) is 12.8. The van der Waals surface area contributed by atoms with Crippen molar-refractivity contribution in [3.05, 3.63) is 59.1 Å². The fourth-order valence-electron chi connectivity index (χ4n) is 4.24. The van der Waals surface area contributed by atoms with E-state index < -0.39 is 10.0 Å². The van der Waals surface area contributed by atoms with Gasteiger partial charge in [0, 0.05) is 19.1 Å². The molecular formula is C24H30ClN3O3S. The van der Waals surface area contributed by atoms with Crippen LogP contribution < -0.4 is 10.6 Å². The Balaban J connectivity index is 1.43. The van der Waals surface area contributed by atoms with Gasteiger partial charge in [-0.1, -0.05) is 54.8 Å². The summed E-state index contributed by atoms with van der Waals surface area (Å²) in [6.45, 7) is 1.17. The van der Waals surface area contributed by atoms with Crippen molar-refractivity contribution < 1.29 is 13.2 Å². The predicted molar refractivity (Wildman–Crippen MR) is 127 cm³/mol. The first-order valence-electron chi connectivity index (χ1n) is 11.3. The molecule has 0 spiro atoms. The third-order valence-corrected chi connectivity index (χ3v) is 8.37. The smallest absolute Gasteiger partial charge is 0.243 e. The predicted octanol–water partition coefficient (Wildman–Crippen LogP) is 4.58. The van der Waals surface area contributed by atoms with Crippen LogP contribution in [0, 0.1) is 5.92 Å². The molecule has 1 aliphatic carbocycles. The fraction of sp³-hybridized carbons (Fsp3) is 0.458. The number of carbonyl (C=O) groups excluding carboxylic acids is 1. The molecule has 172 valence electrons. The van der Waals surface area contributed by atoms with Crippen LogP contribution in [0.4, 0.5) is 5.69 Å². The average Bonchev–Trinajstić information content (AvgIpc) is 3.63. The van der Waals surface area contributed by atoms with E-state index in [0.717, 1.165) is 38.5 Å². The molecule has 0 aromatic heterocycles. The second-order valence-corrected chi connectivity index (χ2v) is 11.0. The number of nitrogens with zero attached hydrogens (tertiary/aromatic N) is 1. The molecule has 1 aliphatic heterocycles. The Morgan fingerprint density at radius 2 is 1.72 bits per heavy atom. The number of hydrogen-bond acceptors (Lipinski definition) is 4. The second-order valence-electron chi connectivity index (χ2n) is 8.61. The minimum atomic E-state index is -3.62. The van der Waals surface area contributed by atoms with Crippen LogP contribution in [-0.4, -0.2) is 38.3 Å². The van der Waals surface area contributed by atoms with E-state index in [4.69, 9.17) is 11.6 Å². The first kappa shape index (κ1) is 23.2. The molecule has 1 saturated heterocycles. The summed E-state index contributed by atoms with van der Waals surface area (Å²) in [6.07, 6.45) is 6.13. The van der Waals surface area contributed by atoms with Gasteiger partial charge in [0.05, 0.1) is 22.2 Å². The number of anilines is 1. The molecular weight excluding hydrogens is 446 g/mol. The van der Waals surface area contributed by atoms with E-state index in [1.165, 1.54) is 28.1 Å². The normalized spacial score (nSPS) is 18.7. The number of carbonyl (C=O) groups is 1. The van der Waals surface area contributed by atoms with Gasteiger partial charge in [-0.15, -0.1) is 0 Å². The van der Waals surface area contributed by atoms with E-state index in [0.29, 0.717) is 29.7 Å². The molecule has 1 heterocycles. The van der Waals surface area contributed by atoms with Crippen molar-refractivity contribution in [2.75, 3.05) is 25.0 Å². The standard InChI is InChI=1S/C24H30ClN3O3S/c25-21-13-12-20(32(30,31)28-14-6-1-2-7-15-28)16-22(21)27-23(29)17-26-24(19-10-11-19)18-8-4-3-5-9-18/h3-5,8-9,12-13,16,19,24,26H,1-2,6-7,10-11,14-15,17H2,(H,27,29). The largest absolute Gasteiger partial charge is 0.324 e. The van der Waals surface area contributed by atoms with Crippen LogP contribution in [0.3, 0.4) is 0 Å². The zero-order valence-corrected chi connectivity index (χ0v) is 19.7. The number of benzene rings is 2. The molecule has 2 fully saturated rings. The first-order chi connectivity index (χ1) is 15.4. The molecule has 1 saturated carbocycles. The van der Waals surface area contributed by atoms with Gasteiger partial charge in [0.2, 0.25) is 15.9 Å². The lowest BCUT2D eigenvalue weighted by Crippen LogP contribution is -2.33. The number of amides is 1. The summed E-state index contributed by atoms with van der Waals surface area (Å²) < 4.78 is 27.7.